The fourth-order valence-electron chi connectivity index (χ4n) is 0. The molecule has 0 aromatic heterocycles. The molecule has 0 radical (unpaired) electrons. The van der Waals surface area contributed by atoms with Gasteiger partial charge in [-0.15, -0.1) is 0 Å². The Bertz CT molecular complexity index is 20.0. The van der Waals surface area contributed by atoms with Crippen molar-refractivity contribution in [1.29, 1.82) is 0 Å². The summed E-state index contributed by atoms with van der Waals surface area (Å²) in [4.78, 5) is 0. The Balaban J connectivity index is -0.0000000720. The first-order chi connectivity index (χ1) is 3.46. The topological polar surface area (TPSA) is 0 Å². The van der Waals surface area contributed by atoms with Crippen LogP contribution in [0.15, 0.2) is 0 Å². The molecule has 0 atom stereocenters. The second-order valence-corrected chi connectivity index (χ2v) is 3.00. The molecule has 0 fully saturated rings. The standard InChI is InChI=1S/2C4H9.Sr/c2*1-4(2)3;/h2*1-3H3;/q2*-1;+2. The normalized spacial score (nSPS) is 8.00. The third-order valence-corrected chi connectivity index (χ3v) is 0. The maximum atomic E-state index is 2.08. The third kappa shape index (κ3) is 242. The minimum atomic E-state index is 0. The van der Waals surface area contributed by atoms with Crippen LogP contribution < -0.4 is 0 Å². The van der Waals surface area contributed by atoms with Crippen LogP contribution in [-0.2, 0) is 0 Å². The van der Waals surface area contributed by atoms with Gasteiger partial charge in [-0.3, -0.25) is 0 Å². The second-order valence-electron chi connectivity index (χ2n) is 3.00. The molecule has 0 N–H and O–H groups in total. The van der Waals surface area contributed by atoms with Crippen LogP contribution in [0.4, 0.5) is 0 Å². The van der Waals surface area contributed by atoms with Crippen molar-refractivity contribution in [2.24, 2.45) is 0 Å². The molecule has 0 heterocycles. The van der Waals surface area contributed by atoms with Crippen LogP contribution >= 0.6 is 0 Å². The molecule has 0 amide bonds. The van der Waals surface area contributed by atoms with Crippen LogP contribution in [0.1, 0.15) is 41.5 Å². The van der Waals surface area contributed by atoms with Gasteiger partial charge in [0, 0.05) is 0 Å². The van der Waals surface area contributed by atoms with Crippen molar-refractivity contribution in [1.82, 2.24) is 0 Å². The van der Waals surface area contributed by atoms with Gasteiger partial charge in [0.15, 0.2) is 0 Å². The average molecular weight is 202 g/mol. The first kappa shape index (κ1) is 16.8. The summed E-state index contributed by atoms with van der Waals surface area (Å²) in [5.41, 5.74) is 0. The summed E-state index contributed by atoms with van der Waals surface area (Å²) in [6.07, 6.45) is 0. The van der Waals surface area contributed by atoms with E-state index in [9.17, 15) is 0 Å². The molecule has 1 heteroatoms. The van der Waals surface area contributed by atoms with E-state index in [1.165, 1.54) is 11.8 Å². The summed E-state index contributed by atoms with van der Waals surface area (Å²) >= 11 is 0. The van der Waals surface area contributed by atoms with Gasteiger partial charge in [0.1, 0.15) is 0 Å². The van der Waals surface area contributed by atoms with Crippen molar-refractivity contribution >= 4 is 45.5 Å². The van der Waals surface area contributed by atoms with Gasteiger partial charge in [-0.25, -0.2) is 0 Å². The minimum absolute atomic E-state index is 0. The molecule has 0 rings (SSSR count). The van der Waals surface area contributed by atoms with Gasteiger partial charge in [0.25, 0.3) is 0 Å². The second kappa shape index (κ2) is 12.2. The van der Waals surface area contributed by atoms with Crippen molar-refractivity contribution in [3.05, 3.63) is 11.8 Å². The zero-order chi connectivity index (χ0) is 7.15. The molecule has 0 unspecified atom stereocenters. The van der Waals surface area contributed by atoms with E-state index < -0.39 is 0 Å². The number of hydrogen-bond donors (Lipinski definition) is 0. The molecule has 0 aliphatic carbocycles. The summed E-state index contributed by atoms with van der Waals surface area (Å²) in [7, 11) is 0. The van der Waals surface area contributed by atoms with Crippen LogP contribution in [0.5, 0.6) is 0 Å². The first-order valence-electron chi connectivity index (χ1n) is 3.00. The van der Waals surface area contributed by atoms with E-state index in [1.807, 2.05) is 0 Å². The molecule has 0 aliphatic heterocycles. The van der Waals surface area contributed by atoms with Gasteiger partial charge in [0.2, 0.25) is 0 Å². The molecule has 0 spiro atoms. The summed E-state index contributed by atoms with van der Waals surface area (Å²) in [6, 6.07) is 0. The maximum absolute atomic E-state index is 2.08. The molecule has 52 valence electrons. The van der Waals surface area contributed by atoms with Crippen molar-refractivity contribution < 1.29 is 0 Å². The number of hydrogen-bond acceptors (Lipinski definition) is 0. The van der Waals surface area contributed by atoms with Gasteiger partial charge >= 0.3 is 45.5 Å². The number of rotatable bonds is 0. The quantitative estimate of drug-likeness (QED) is 0.418. The largest absolute Gasteiger partial charge is 2.00 e. The Hall–Kier alpha value is 1.48. The molecule has 0 nitrogen and oxygen atoms in total. The maximum Gasteiger partial charge on any atom is 2.00 e. The molecule has 0 aliphatic rings. The smallest absolute Gasteiger partial charge is 0.323 e. The third-order valence-electron chi connectivity index (χ3n) is 0. The molecule has 0 aromatic carbocycles. The van der Waals surface area contributed by atoms with Crippen LogP contribution in [0.2, 0.25) is 0 Å². The van der Waals surface area contributed by atoms with E-state index in [1.54, 1.807) is 0 Å². The Kier molecular flexibility index (Phi) is 22.8. The molecule has 0 saturated heterocycles. The van der Waals surface area contributed by atoms with Crippen molar-refractivity contribution in [2.75, 3.05) is 0 Å². The molecular formula is C8H18Sr. The Morgan fingerprint density at radius 3 is 0.556 bits per heavy atom. The molecular weight excluding hydrogens is 184 g/mol. The predicted molar refractivity (Wildman–Crippen MR) is 46.3 cm³/mol. The zero-order valence-corrected chi connectivity index (χ0v) is 11.2. The van der Waals surface area contributed by atoms with Crippen LogP contribution in [0.3, 0.4) is 0 Å². The predicted octanol–water partition coefficient (Wildman–Crippen LogP) is 2.86. The van der Waals surface area contributed by atoms with Gasteiger partial charge < -0.3 is 11.8 Å². The average Bonchev–Trinajstić information content (AvgIpc) is 1.25. The summed E-state index contributed by atoms with van der Waals surface area (Å²) in [6.45, 7) is 12.5. The Morgan fingerprint density at radius 1 is 0.556 bits per heavy atom. The molecule has 9 heavy (non-hydrogen) atoms. The summed E-state index contributed by atoms with van der Waals surface area (Å²) in [5, 5.41) is 0. The van der Waals surface area contributed by atoms with Gasteiger partial charge in [-0.2, -0.15) is 41.5 Å². The van der Waals surface area contributed by atoms with E-state index >= 15 is 0 Å². The van der Waals surface area contributed by atoms with Crippen molar-refractivity contribution in [3.8, 4) is 0 Å². The van der Waals surface area contributed by atoms with E-state index in [-0.39, 0.29) is 45.5 Å². The monoisotopic (exact) mass is 202 g/mol. The summed E-state index contributed by atoms with van der Waals surface area (Å²) < 4.78 is 0. The van der Waals surface area contributed by atoms with E-state index in [2.05, 4.69) is 41.5 Å². The Labute approximate surface area is 97.7 Å². The van der Waals surface area contributed by atoms with Crippen molar-refractivity contribution in [3.63, 3.8) is 0 Å². The van der Waals surface area contributed by atoms with Crippen LogP contribution in [0, 0.1) is 11.8 Å². The fraction of sp³-hybridized carbons (Fsp3) is 0.750. The SMILES string of the molecule is C[C-](C)C.C[C-](C)C.[Sr+2]. The Morgan fingerprint density at radius 2 is 0.556 bits per heavy atom. The fourth-order valence-corrected chi connectivity index (χ4v) is 0. The zero-order valence-electron chi connectivity index (χ0n) is 7.71. The van der Waals surface area contributed by atoms with Crippen molar-refractivity contribution in [2.45, 2.75) is 41.5 Å². The molecule has 0 aromatic rings. The molecule has 0 bridgehead atoms. The summed E-state index contributed by atoms with van der Waals surface area (Å²) in [5.74, 6) is 2.83. The van der Waals surface area contributed by atoms with E-state index in [0.29, 0.717) is 0 Å². The van der Waals surface area contributed by atoms with Crippen LogP contribution in [0.25, 0.3) is 0 Å². The van der Waals surface area contributed by atoms with Gasteiger partial charge in [-0.1, -0.05) is 0 Å². The minimum Gasteiger partial charge on any atom is -0.323 e. The van der Waals surface area contributed by atoms with E-state index in [4.69, 9.17) is 0 Å². The van der Waals surface area contributed by atoms with Gasteiger partial charge in [0.05, 0.1) is 0 Å². The molecule has 0 saturated carbocycles. The van der Waals surface area contributed by atoms with E-state index in [0.717, 1.165) is 0 Å². The van der Waals surface area contributed by atoms with Crippen LogP contribution in [-0.4, -0.2) is 45.5 Å². The van der Waals surface area contributed by atoms with Gasteiger partial charge in [-0.05, 0) is 0 Å². The first-order valence-corrected chi connectivity index (χ1v) is 3.00.